The number of hydrazone groups is 1. The molecule has 0 aliphatic carbocycles. The Kier molecular flexibility index (Phi) is 5.13. The first-order valence-corrected chi connectivity index (χ1v) is 8.83. The minimum Gasteiger partial charge on any atom is -0.308 e. The Morgan fingerprint density at radius 1 is 0.885 bits per heavy atom. The molecule has 1 aliphatic heterocycles. The third-order valence-electron chi connectivity index (χ3n) is 3.52. The number of hydrogen-bond donors (Lipinski definition) is 3. The predicted octanol–water partition coefficient (Wildman–Crippen LogP) is 4.10. The van der Waals surface area contributed by atoms with Crippen molar-refractivity contribution in [3.8, 4) is 0 Å². The van der Waals surface area contributed by atoms with E-state index in [9.17, 15) is 9.59 Å². The summed E-state index contributed by atoms with van der Waals surface area (Å²) < 4.78 is 0. The van der Waals surface area contributed by atoms with Crippen LogP contribution in [0.2, 0.25) is 0 Å². The molecule has 7 nitrogen and oxygen atoms in total. The van der Waals surface area contributed by atoms with Crippen molar-refractivity contribution >= 4 is 40.4 Å². The lowest BCUT2D eigenvalue weighted by Crippen LogP contribution is -2.41. The number of amidine groups is 1. The number of hydrogen-bond acceptors (Lipinski definition) is 4. The van der Waals surface area contributed by atoms with Gasteiger partial charge < -0.3 is 10.6 Å². The number of nitrogens with one attached hydrogen (secondary N) is 3. The Hall–Kier alpha value is -3.00. The highest BCUT2D eigenvalue weighted by Crippen LogP contribution is 2.36. The van der Waals surface area contributed by atoms with Gasteiger partial charge >= 0.3 is 12.1 Å². The summed E-state index contributed by atoms with van der Waals surface area (Å²) in [5.74, 6) is 0. The van der Waals surface area contributed by atoms with Crippen molar-refractivity contribution in [2.24, 2.45) is 5.10 Å². The van der Waals surface area contributed by atoms with Gasteiger partial charge in [-0.2, -0.15) is 5.01 Å². The quantitative estimate of drug-likeness (QED) is 0.745. The number of anilines is 2. The molecule has 0 bridgehead atoms. The summed E-state index contributed by atoms with van der Waals surface area (Å²) >= 11 is 1.30. The number of para-hydroxylation sites is 2. The molecule has 1 heterocycles. The maximum Gasteiger partial charge on any atom is 0.343 e. The van der Waals surface area contributed by atoms with Gasteiger partial charge in [0.2, 0.25) is 0 Å². The van der Waals surface area contributed by atoms with Crippen LogP contribution in [0.1, 0.15) is 13.8 Å². The third kappa shape index (κ3) is 4.34. The summed E-state index contributed by atoms with van der Waals surface area (Å²) in [5.41, 5.74) is 1.35. The normalized spacial score (nSPS) is 15.2. The number of benzene rings is 2. The predicted molar refractivity (Wildman–Crippen MR) is 105 cm³/mol. The Bertz CT molecular complexity index is 824. The molecule has 3 N–H and O–H groups in total. The molecule has 26 heavy (non-hydrogen) atoms. The van der Waals surface area contributed by atoms with Gasteiger partial charge in [-0.1, -0.05) is 48.2 Å². The molecule has 8 heteroatoms. The molecule has 0 unspecified atom stereocenters. The second-order valence-electron chi connectivity index (χ2n) is 6.01. The van der Waals surface area contributed by atoms with Gasteiger partial charge in [-0.15, -0.1) is 5.10 Å². The van der Waals surface area contributed by atoms with Gasteiger partial charge in [0, 0.05) is 11.4 Å². The van der Waals surface area contributed by atoms with E-state index in [1.54, 1.807) is 24.3 Å². The topological polar surface area (TPSA) is 85.8 Å². The van der Waals surface area contributed by atoms with E-state index in [0.717, 1.165) is 0 Å². The van der Waals surface area contributed by atoms with Crippen molar-refractivity contribution in [1.29, 1.82) is 0 Å². The summed E-state index contributed by atoms with van der Waals surface area (Å²) in [7, 11) is 0. The van der Waals surface area contributed by atoms with Crippen LogP contribution in [0.15, 0.2) is 65.8 Å². The molecule has 0 radical (unpaired) electrons. The second kappa shape index (κ2) is 7.49. The highest BCUT2D eigenvalue weighted by atomic mass is 32.2. The summed E-state index contributed by atoms with van der Waals surface area (Å²) in [6.45, 7) is 3.71. The van der Waals surface area contributed by atoms with E-state index >= 15 is 0 Å². The SMILES string of the molecule is CC1(C)SC(NC(=O)Nc2ccccc2)=NN1C(=O)Nc1ccccc1. The highest BCUT2D eigenvalue weighted by Gasteiger charge is 2.40. The molecule has 0 spiro atoms. The Balaban J connectivity index is 1.64. The second-order valence-corrected chi connectivity index (χ2v) is 7.60. The zero-order chi connectivity index (χ0) is 18.6. The zero-order valence-electron chi connectivity index (χ0n) is 14.4. The summed E-state index contributed by atoms with van der Waals surface area (Å²) in [6, 6.07) is 17.5. The van der Waals surface area contributed by atoms with E-state index in [4.69, 9.17) is 0 Å². The van der Waals surface area contributed by atoms with Crippen molar-refractivity contribution in [2.45, 2.75) is 18.7 Å². The van der Waals surface area contributed by atoms with Crippen LogP contribution in [0.5, 0.6) is 0 Å². The molecular formula is C18H19N5O2S. The molecular weight excluding hydrogens is 350 g/mol. The maximum absolute atomic E-state index is 12.5. The summed E-state index contributed by atoms with van der Waals surface area (Å²) in [6.07, 6.45) is 0. The van der Waals surface area contributed by atoms with Crippen molar-refractivity contribution in [1.82, 2.24) is 10.3 Å². The van der Waals surface area contributed by atoms with Crippen LogP contribution >= 0.6 is 11.8 Å². The van der Waals surface area contributed by atoms with E-state index in [0.29, 0.717) is 16.5 Å². The lowest BCUT2D eigenvalue weighted by atomic mass is 10.3. The standard InChI is InChI=1S/C18H19N5O2S/c1-18(2)23(17(25)20-14-11-7-4-8-12-14)22-16(26-18)21-15(24)19-13-9-5-3-6-10-13/h3-12H,1-2H3,(H,20,25)(H2,19,21,22,24). The minimum absolute atomic E-state index is 0.353. The average Bonchev–Trinajstić information content (AvgIpc) is 2.90. The van der Waals surface area contributed by atoms with Gasteiger partial charge in [0.25, 0.3) is 0 Å². The lowest BCUT2D eigenvalue weighted by molar-refractivity contribution is 0.193. The van der Waals surface area contributed by atoms with E-state index in [1.807, 2.05) is 50.2 Å². The van der Waals surface area contributed by atoms with Crippen LogP contribution in [-0.2, 0) is 0 Å². The van der Waals surface area contributed by atoms with Crippen molar-refractivity contribution in [3.05, 3.63) is 60.7 Å². The first kappa shape index (κ1) is 17.8. The molecule has 2 aromatic carbocycles. The van der Waals surface area contributed by atoms with Crippen LogP contribution < -0.4 is 16.0 Å². The Morgan fingerprint density at radius 3 is 2.00 bits per heavy atom. The number of thioether (sulfide) groups is 1. The first-order valence-electron chi connectivity index (χ1n) is 8.01. The fourth-order valence-electron chi connectivity index (χ4n) is 2.33. The molecule has 0 aromatic heterocycles. The maximum atomic E-state index is 12.5. The number of rotatable bonds is 2. The van der Waals surface area contributed by atoms with Gasteiger partial charge in [-0.3, -0.25) is 5.32 Å². The molecule has 2 aromatic rings. The minimum atomic E-state index is -0.631. The summed E-state index contributed by atoms with van der Waals surface area (Å²) in [4.78, 5) is 24.0. The van der Waals surface area contributed by atoms with Gasteiger partial charge in [0.15, 0.2) is 5.17 Å². The van der Waals surface area contributed by atoms with Gasteiger partial charge in [-0.05, 0) is 38.1 Å². The van der Waals surface area contributed by atoms with Crippen LogP contribution in [0, 0.1) is 0 Å². The number of carbonyl (C=O) groups excluding carboxylic acids is 2. The van der Waals surface area contributed by atoms with E-state index in [2.05, 4.69) is 21.1 Å². The van der Waals surface area contributed by atoms with Crippen molar-refractivity contribution in [3.63, 3.8) is 0 Å². The van der Waals surface area contributed by atoms with Gasteiger partial charge in [0.05, 0.1) is 0 Å². The monoisotopic (exact) mass is 369 g/mol. The molecule has 0 saturated carbocycles. The molecule has 134 valence electrons. The van der Waals surface area contributed by atoms with Crippen LogP contribution in [0.3, 0.4) is 0 Å². The largest absolute Gasteiger partial charge is 0.343 e. The van der Waals surface area contributed by atoms with Crippen LogP contribution in [-0.4, -0.2) is 27.1 Å². The third-order valence-corrected chi connectivity index (χ3v) is 4.57. The molecule has 0 fully saturated rings. The van der Waals surface area contributed by atoms with E-state index in [1.165, 1.54) is 16.8 Å². The van der Waals surface area contributed by atoms with Crippen LogP contribution in [0.25, 0.3) is 0 Å². The highest BCUT2D eigenvalue weighted by molar-refractivity contribution is 8.15. The average molecular weight is 369 g/mol. The smallest absolute Gasteiger partial charge is 0.308 e. The molecule has 3 rings (SSSR count). The number of nitrogens with zero attached hydrogens (tertiary/aromatic N) is 2. The molecule has 4 amide bonds. The van der Waals surface area contributed by atoms with E-state index < -0.39 is 10.9 Å². The Labute approximate surface area is 155 Å². The van der Waals surface area contributed by atoms with Gasteiger partial charge in [-0.25, -0.2) is 9.59 Å². The lowest BCUT2D eigenvalue weighted by Gasteiger charge is -2.27. The number of carbonyl (C=O) groups is 2. The molecule has 0 atom stereocenters. The van der Waals surface area contributed by atoms with Crippen molar-refractivity contribution < 1.29 is 9.59 Å². The Morgan fingerprint density at radius 2 is 1.42 bits per heavy atom. The van der Waals surface area contributed by atoms with Crippen molar-refractivity contribution in [2.75, 3.05) is 10.6 Å². The fourth-order valence-corrected chi connectivity index (χ4v) is 3.28. The molecule has 1 aliphatic rings. The first-order chi connectivity index (χ1) is 12.4. The summed E-state index contributed by atoms with van der Waals surface area (Å²) in [5, 5.41) is 14.1. The van der Waals surface area contributed by atoms with E-state index in [-0.39, 0.29) is 6.03 Å². The zero-order valence-corrected chi connectivity index (χ0v) is 15.2. The van der Waals surface area contributed by atoms with Crippen LogP contribution in [0.4, 0.5) is 21.0 Å². The fraction of sp³-hybridized carbons (Fsp3) is 0.167. The molecule has 0 saturated heterocycles. The number of urea groups is 2. The number of amides is 4. The van der Waals surface area contributed by atoms with Gasteiger partial charge in [0.1, 0.15) is 4.87 Å².